The molecule has 24 heavy (non-hydrogen) atoms. The molecule has 0 spiro atoms. The van der Waals surface area contributed by atoms with Crippen LogP contribution in [0.25, 0.3) is 6.08 Å². The Morgan fingerprint density at radius 1 is 1.12 bits per heavy atom. The lowest BCUT2D eigenvalue weighted by Gasteiger charge is -2.33. The zero-order valence-electron chi connectivity index (χ0n) is 13.7. The number of hydrogen-bond donors (Lipinski definition) is 0. The van der Waals surface area contributed by atoms with Crippen LogP contribution in [0.5, 0.6) is 0 Å². The lowest BCUT2D eigenvalue weighted by atomic mass is 9.98. The first kappa shape index (κ1) is 15.6. The number of nitrogens with zero attached hydrogens (tertiary/aromatic N) is 2. The van der Waals surface area contributed by atoms with E-state index in [1.54, 1.807) is 17.4 Å². The Morgan fingerprint density at radius 2 is 2.00 bits per heavy atom. The maximum Gasteiger partial charge on any atom is 0.246 e. The monoisotopic (exact) mass is 338 g/mol. The zero-order chi connectivity index (χ0) is 16.4. The number of likely N-dealkylation sites (tertiary alicyclic amines) is 1. The average Bonchev–Trinajstić information content (AvgIpc) is 3.31. The highest BCUT2D eigenvalue weighted by Gasteiger charge is 2.31. The number of benzene rings is 1. The largest absolute Gasteiger partial charge is 0.338 e. The summed E-state index contributed by atoms with van der Waals surface area (Å²) in [6.07, 6.45) is 5.86. The van der Waals surface area contributed by atoms with Gasteiger partial charge in [0.25, 0.3) is 0 Å². The minimum Gasteiger partial charge on any atom is -0.338 e. The lowest BCUT2D eigenvalue weighted by Crippen LogP contribution is -2.41. The van der Waals surface area contributed by atoms with Crippen molar-refractivity contribution in [2.24, 2.45) is 0 Å². The molecule has 3 nitrogen and oxygen atoms in total. The Labute approximate surface area is 147 Å². The Balaban J connectivity index is 1.36. The molecule has 1 unspecified atom stereocenters. The van der Waals surface area contributed by atoms with Crippen molar-refractivity contribution >= 4 is 23.3 Å². The van der Waals surface area contributed by atoms with Crippen molar-refractivity contribution in [1.29, 1.82) is 0 Å². The predicted octanol–water partition coefficient (Wildman–Crippen LogP) is 3.42. The molecule has 1 aromatic carbocycles. The first-order valence-electron chi connectivity index (χ1n) is 8.61. The van der Waals surface area contributed by atoms with Gasteiger partial charge >= 0.3 is 0 Å². The third-order valence-electron chi connectivity index (χ3n) is 5.08. The lowest BCUT2D eigenvalue weighted by molar-refractivity contribution is -0.125. The zero-order valence-corrected chi connectivity index (χ0v) is 14.5. The minimum atomic E-state index is 0.142. The summed E-state index contributed by atoms with van der Waals surface area (Å²) in [5, 5.41) is 2.03. The maximum absolute atomic E-state index is 12.4. The standard InChI is InChI=1S/C20H22N2OS/c23-20(8-7-19-6-3-13-24-19)22-12-10-18(15-22)21-11-9-16-4-1-2-5-17(16)14-21/h1-8,13,18H,9-12,14-15H2/b8-7+. The van der Waals surface area contributed by atoms with Crippen LogP contribution in [0.1, 0.15) is 22.4 Å². The Kier molecular flexibility index (Phi) is 4.50. The molecule has 124 valence electrons. The fourth-order valence-corrected chi connectivity index (χ4v) is 4.33. The number of hydrogen-bond acceptors (Lipinski definition) is 3. The van der Waals surface area contributed by atoms with Crippen LogP contribution in [0.4, 0.5) is 0 Å². The Bertz CT molecular complexity index is 738. The van der Waals surface area contributed by atoms with E-state index in [1.165, 1.54) is 11.1 Å². The molecule has 1 fully saturated rings. The van der Waals surface area contributed by atoms with E-state index in [0.717, 1.165) is 43.9 Å². The topological polar surface area (TPSA) is 23.6 Å². The Hall–Kier alpha value is -1.91. The summed E-state index contributed by atoms with van der Waals surface area (Å²) in [5.74, 6) is 0.142. The van der Waals surface area contributed by atoms with Crippen LogP contribution in [-0.2, 0) is 17.8 Å². The highest BCUT2D eigenvalue weighted by molar-refractivity contribution is 7.10. The van der Waals surface area contributed by atoms with Crippen molar-refractivity contribution in [1.82, 2.24) is 9.80 Å². The summed E-state index contributed by atoms with van der Waals surface area (Å²) in [5.41, 5.74) is 2.93. The van der Waals surface area contributed by atoms with E-state index in [2.05, 4.69) is 29.2 Å². The van der Waals surface area contributed by atoms with Gasteiger partial charge in [0, 0.05) is 43.2 Å². The highest BCUT2D eigenvalue weighted by Crippen LogP contribution is 2.24. The van der Waals surface area contributed by atoms with Gasteiger partial charge in [0.15, 0.2) is 0 Å². The summed E-state index contributed by atoms with van der Waals surface area (Å²) < 4.78 is 0. The molecule has 0 bridgehead atoms. The van der Waals surface area contributed by atoms with Crippen molar-refractivity contribution in [3.05, 3.63) is 63.9 Å². The number of carbonyl (C=O) groups is 1. The second-order valence-electron chi connectivity index (χ2n) is 6.56. The molecule has 0 saturated carbocycles. The van der Waals surface area contributed by atoms with Gasteiger partial charge in [-0.25, -0.2) is 0 Å². The smallest absolute Gasteiger partial charge is 0.246 e. The number of thiophene rings is 1. The first-order chi connectivity index (χ1) is 11.8. The first-order valence-corrected chi connectivity index (χ1v) is 9.49. The SMILES string of the molecule is O=C(/C=C/c1cccs1)N1CCC(N2CCc3ccccc3C2)C1. The van der Waals surface area contributed by atoms with Crippen LogP contribution >= 0.6 is 11.3 Å². The second-order valence-corrected chi connectivity index (χ2v) is 7.54. The molecular weight excluding hydrogens is 316 g/mol. The van der Waals surface area contributed by atoms with Crippen molar-refractivity contribution in [2.75, 3.05) is 19.6 Å². The quantitative estimate of drug-likeness (QED) is 0.801. The molecule has 1 saturated heterocycles. The summed E-state index contributed by atoms with van der Waals surface area (Å²) in [6, 6.07) is 13.3. The summed E-state index contributed by atoms with van der Waals surface area (Å²) in [4.78, 5) is 18.1. The van der Waals surface area contributed by atoms with Crippen LogP contribution in [0, 0.1) is 0 Å². The molecule has 1 aromatic heterocycles. The van der Waals surface area contributed by atoms with Gasteiger partial charge in [-0.1, -0.05) is 30.3 Å². The molecule has 2 aromatic rings. The molecule has 1 amide bonds. The number of amides is 1. The van der Waals surface area contributed by atoms with Crippen molar-refractivity contribution < 1.29 is 4.79 Å². The van der Waals surface area contributed by atoms with Crippen LogP contribution in [-0.4, -0.2) is 41.4 Å². The van der Waals surface area contributed by atoms with Gasteiger partial charge in [-0.15, -0.1) is 11.3 Å². The van der Waals surface area contributed by atoms with E-state index in [4.69, 9.17) is 0 Å². The van der Waals surface area contributed by atoms with Crippen LogP contribution in [0.3, 0.4) is 0 Å². The van der Waals surface area contributed by atoms with Gasteiger partial charge in [0.2, 0.25) is 5.91 Å². The van der Waals surface area contributed by atoms with E-state index in [9.17, 15) is 4.79 Å². The Morgan fingerprint density at radius 3 is 2.83 bits per heavy atom. The van der Waals surface area contributed by atoms with Gasteiger partial charge < -0.3 is 4.90 Å². The fourth-order valence-electron chi connectivity index (χ4n) is 3.71. The van der Waals surface area contributed by atoms with E-state index in [0.29, 0.717) is 6.04 Å². The molecule has 2 aliphatic rings. The third kappa shape index (κ3) is 3.30. The van der Waals surface area contributed by atoms with Crippen LogP contribution in [0.15, 0.2) is 47.9 Å². The number of carbonyl (C=O) groups excluding carboxylic acids is 1. The third-order valence-corrected chi connectivity index (χ3v) is 5.92. The average molecular weight is 338 g/mol. The van der Waals surface area contributed by atoms with Crippen LogP contribution < -0.4 is 0 Å². The summed E-state index contributed by atoms with van der Waals surface area (Å²) >= 11 is 1.66. The highest BCUT2D eigenvalue weighted by atomic mass is 32.1. The molecule has 4 rings (SSSR count). The van der Waals surface area contributed by atoms with Gasteiger partial charge in [0.1, 0.15) is 0 Å². The number of rotatable bonds is 3. The molecule has 4 heteroatoms. The normalized spacial score (nSPS) is 21.3. The summed E-state index contributed by atoms with van der Waals surface area (Å²) in [7, 11) is 0. The molecule has 0 aliphatic carbocycles. The fraction of sp³-hybridized carbons (Fsp3) is 0.350. The van der Waals surface area contributed by atoms with Gasteiger partial charge in [-0.2, -0.15) is 0 Å². The van der Waals surface area contributed by atoms with Gasteiger partial charge in [-0.3, -0.25) is 9.69 Å². The second kappa shape index (κ2) is 6.91. The van der Waals surface area contributed by atoms with E-state index in [1.807, 2.05) is 28.5 Å². The van der Waals surface area contributed by atoms with Gasteiger partial charge in [0.05, 0.1) is 0 Å². The van der Waals surface area contributed by atoms with Crippen LogP contribution in [0.2, 0.25) is 0 Å². The number of fused-ring (bicyclic) bond motifs is 1. The molecule has 2 aliphatic heterocycles. The molecule has 3 heterocycles. The minimum absolute atomic E-state index is 0.142. The summed E-state index contributed by atoms with van der Waals surface area (Å²) in [6.45, 7) is 3.86. The van der Waals surface area contributed by atoms with E-state index >= 15 is 0 Å². The molecular formula is C20H22N2OS. The maximum atomic E-state index is 12.4. The molecule has 0 N–H and O–H groups in total. The van der Waals surface area contributed by atoms with E-state index < -0.39 is 0 Å². The van der Waals surface area contributed by atoms with E-state index in [-0.39, 0.29) is 5.91 Å². The molecule has 0 radical (unpaired) electrons. The van der Waals surface area contributed by atoms with Gasteiger partial charge in [-0.05, 0) is 41.5 Å². The molecule has 1 atom stereocenters. The van der Waals surface area contributed by atoms with Crippen molar-refractivity contribution in [3.63, 3.8) is 0 Å². The van der Waals surface area contributed by atoms with Crippen molar-refractivity contribution in [2.45, 2.75) is 25.4 Å². The van der Waals surface area contributed by atoms with Crippen molar-refractivity contribution in [3.8, 4) is 0 Å². The predicted molar refractivity (Wildman–Crippen MR) is 98.9 cm³/mol.